The molecule has 0 aliphatic rings. The van der Waals surface area contributed by atoms with E-state index in [-0.39, 0.29) is 22.4 Å². The standard InChI is InChI=1S/C12H15Cl2NO5S/c1-6(5-16)7(2)15-21(19,20)9-4-3-8(13)10(11(9)14)12(17)18/h3-4,6-7,15-16H,5H2,1-2H3,(H,17,18). The summed E-state index contributed by atoms with van der Waals surface area (Å²) in [4.78, 5) is 10.7. The maximum atomic E-state index is 12.3. The molecule has 1 aromatic rings. The maximum Gasteiger partial charge on any atom is 0.338 e. The van der Waals surface area contributed by atoms with Crippen LogP contribution in [0.25, 0.3) is 0 Å². The highest BCUT2D eigenvalue weighted by atomic mass is 35.5. The first kappa shape index (κ1) is 18.2. The van der Waals surface area contributed by atoms with Crippen LogP contribution in [-0.4, -0.2) is 37.2 Å². The summed E-state index contributed by atoms with van der Waals surface area (Å²) in [7, 11) is -4.03. The molecule has 0 aliphatic carbocycles. The molecule has 3 N–H and O–H groups in total. The molecule has 0 saturated carbocycles. The molecule has 0 amide bonds. The second-order valence-corrected chi connectivity index (χ2v) is 7.08. The zero-order chi connectivity index (χ0) is 16.4. The Bertz CT molecular complexity index is 647. The van der Waals surface area contributed by atoms with Crippen LogP contribution in [0.4, 0.5) is 0 Å². The first-order chi connectivity index (χ1) is 9.61. The normalized spacial score (nSPS) is 14.7. The average molecular weight is 356 g/mol. The van der Waals surface area contributed by atoms with Crippen LogP contribution >= 0.6 is 23.2 Å². The molecule has 0 radical (unpaired) electrons. The highest BCUT2D eigenvalue weighted by Crippen LogP contribution is 2.31. The molecule has 0 heterocycles. The summed E-state index contributed by atoms with van der Waals surface area (Å²) in [5.74, 6) is -1.73. The fraction of sp³-hybridized carbons (Fsp3) is 0.417. The van der Waals surface area contributed by atoms with Crippen LogP contribution in [0.2, 0.25) is 10.0 Å². The molecular formula is C12H15Cl2NO5S. The molecule has 1 aromatic carbocycles. The molecule has 2 unspecified atom stereocenters. The highest BCUT2D eigenvalue weighted by molar-refractivity contribution is 7.89. The third kappa shape index (κ3) is 4.08. The van der Waals surface area contributed by atoms with E-state index in [1.165, 1.54) is 0 Å². The summed E-state index contributed by atoms with van der Waals surface area (Å²) >= 11 is 11.6. The first-order valence-corrected chi connectivity index (χ1v) is 8.20. The third-order valence-electron chi connectivity index (χ3n) is 3.04. The van der Waals surface area contributed by atoms with Crippen molar-refractivity contribution in [1.29, 1.82) is 0 Å². The number of aliphatic hydroxyl groups excluding tert-OH is 1. The van der Waals surface area contributed by atoms with Crippen molar-refractivity contribution in [1.82, 2.24) is 4.72 Å². The van der Waals surface area contributed by atoms with Crippen molar-refractivity contribution in [3.8, 4) is 0 Å². The van der Waals surface area contributed by atoms with Crippen LogP contribution in [0.5, 0.6) is 0 Å². The van der Waals surface area contributed by atoms with Crippen molar-refractivity contribution < 1.29 is 23.4 Å². The molecule has 1 rings (SSSR count). The number of aliphatic hydroxyl groups is 1. The number of nitrogens with one attached hydrogen (secondary N) is 1. The van der Waals surface area contributed by atoms with Gasteiger partial charge >= 0.3 is 5.97 Å². The summed E-state index contributed by atoms with van der Waals surface area (Å²) < 4.78 is 26.9. The molecule has 6 nitrogen and oxygen atoms in total. The minimum Gasteiger partial charge on any atom is -0.478 e. The topological polar surface area (TPSA) is 104 Å². The van der Waals surface area contributed by atoms with Gasteiger partial charge in [0.1, 0.15) is 4.90 Å². The Morgan fingerprint density at radius 1 is 1.33 bits per heavy atom. The van der Waals surface area contributed by atoms with E-state index in [0.29, 0.717) is 0 Å². The molecule has 2 atom stereocenters. The Morgan fingerprint density at radius 3 is 2.38 bits per heavy atom. The highest BCUT2D eigenvalue weighted by Gasteiger charge is 2.27. The van der Waals surface area contributed by atoms with E-state index in [1.807, 2.05) is 0 Å². The van der Waals surface area contributed by atoms with Crippen molar-refractivity contribution >= 4 is 39.2 Å². The summed E-state index contributed by atoms with van der Waals surface area (Å²) in [6.07, 6.45) is 0. The zero-order valence-corrected chi connectivity index (χ0v) is 13.6. The van der Waals surface area contributed by atoms with Crippen LogP contribution in [0.3, 0.4) is 0 Å². The van der Waals surface area contributed by atoms with Crippen LogP contribution in [0.15, 0.2) is 17.0 Å². The lowest BCUT2D eigenvalue weighted by Crippen LogP contribution is -2.38. The van der Waals surface area contributed by atoms with Crippen molar-refractivity contribution in [3.05, 3.63) is 27.7 Å². The number of hydrogen-bond acceptors (Lipinski definition) is 4. The summed E-state index contributed by atoms with van der Waals surface area (Å²) in [5, 5.41) is 17.4. The second kappa shape index (κ2) is 6.93. The summed E-state index contributed by atoms with van der Waals surface area (Å²) in [5.41, 5.74) is -0.468. The molecule has 0 bridgehead atoms. The van der Waals surface area contributed by atoms with Gasteiger partial charge in [-0.2, -0.15) is 0 Å². The molecular weight excluding hydrogens is 341 g/mol. The predicted octanol–water partition coefficient (Wildman–Crippen LogP) is 1.99. The molecule has 0 fully saturated rings. The number of carboxylic acids is 1. The molecule has 0 saturated heterocycles. The van der Waals surface area contributed by atoms with Gasteiger partial charge in [-0.25, -0.2) is 17.9 Å². The third-order valence-corrected chi connectivity index (χ3v) is 5.46. The predicted molar refractivity (Wildman–Crippen MR) is 79.5 cm³/mol. The molecule has 0 aliphatic heterocycles. The number of sulfonamides is 1. The Hall–Kier alpha value is -0.860. The number of hydrogen-bond donors (Lipinski definition) is 3. The van der Waals surface area contributed by atoms with Gasteiger partial charge in [0.05, 0.1) is 15.6 Å². The number of aromatic carboxylic acids is 1. The lowest BCUT2D eigenvalue weighted by molar-refractivity contribution is 0.0697. The lowest BCUT2D eigenvalue weighted by Gasteiger charge is -2.20. The lowest BCUT2D eigenvalue weighted by atomic mass is 10.1. The van der Waals surface area contributed by atoms with E-state index in [4.69, 9.17) is 33.4 Å². The molecule has 9 heteroatoms. The maximum absolute atomic E-state index is 12.3. The first-order valence-electron chi connectivity index (χ1n) is 5.96. The van der Waals surface area contributed by atoms with E-state index >= 15 is 0 Å². The number of carboxylic acid groups (broad SMARTS) is 1. The van der Waals surface area contributed by atoms with Gasteiger partial charge in [0.25, 0.3) is 0 Å². The van der Waals surface area contributed by atoms with Crippen molar-refractivity contribution in [2.45, 2.75) is 24.8 Å². The van der Waals surface area contributed by atoms with Gasteiger partial charge in [0.2, 0.25) is 10.0 Å². The fourth-order valence-electron chi connectivity index (χ4n) is 1.52. The van der Waals surface area contributed by atoms with E-state index in [0.717, 1.165) is 12.1 Å². The van der Waals surface area contributed by atoms with Gasteiger partial charge in [-0.05, 0) is 25.0 Å². The monoisotopic (exact) mass is 355 g/mol. The fourth-order valence-corrected chi connectivity index (χ4v) is 3.79. The minimum absolute atomic E-state index is 0.150. The molecule has 0 aromatic heterocycles. The Kier molecular flexibility index (Phi) is 6.01. The number of carbonyl (C=O) groups is 1. The van der Waals surface area contributed by atoms with Crippen LogP contribution in [-0.2, 0) is 10.0 Å². The van der Waals surface area contributed by atoms with E-state index < -0.39 is 32.6 Å². The van der Waals surface area contributed by atoms with Crippen LogP contribution in [0.1, 0.15) is 24.2 Å². The number of rotatable bonds is 6. The van der Waals surface area contributed by atoms with Gasteiger partial charge in [0.15, 0.2) is 0 Å². The van der Waals surface area contributed by atoms with Crippen LogP contribution < -0.4 is 4.72 Å². The molecule has 0 spiro atoms. The Morgan fingerprint density at radius 2 is 1.90 bits per heavy atom. The van der Waals surface area contributed by atoms with Crippen molar-refractivity contribution in [2.75, 3.05) is 6.61 Å². The van der Waals surface area contributed by atoms with Gasteiger partial charge in [-0.1, -0.05) is 30.1 Å². The van der Waals surface area contributed by atoms with E-state index in [2.05, 4.69) is 4.72 Å². The van der Waals surface area contributed by atoms with Gasteiger partial charge in [0, 0.05) is 12.6 Å². The minimum atomic E-state index is -4.03. The van der Waals surface area contributed by atoms with Gasteiger partial charge in [-0.3, -0.25) is 0 Å². The van der Waals surface area contributed by atoms with Crippen molar-refractivity contribution in [3.63, 3.8) is 0 Å². The van der Waals surface area contributed by atoms with E-state index in [1.54, 1.807) is 13.8 Å². The quantitative estimate of drug-likeness (QED) is 0.723. The van der Waals surface area contributed by atoms with Crippen molar-refractivity contribution in [2.24, 2.45) is 5.92 Å². The van der Waals surface area contributed by atoms with Gasteiger partial charge in [-0.15, -0.1) is 0 Å². The SMILES string of the molecule is CC(CO)C(C)NS(=O)(=O)c1ccc(Cl)c(C(=O)O)c1Cl. The Labute approximate surface area is 132 Å². The average Bonchev–Trinajstić information content (AvgIpc) is 2.36. The molecule has 21 heavy (non-hydrogen) atoms. The number of benzene rings is 1. The Balaban J connectivity index is 3.27. The zero-order valence-electron chi connectivity index (χ0n) is 11.3. The summed E-state index contributed by atoms with van der Waals surface area (Å²) in [6.45, 7) is 3.05. The molecule has 118 valence electrons. The largest absolute Gasteiger partial charge is 0.478 e. The second-order valence-electron chi connectivity index (χ2n) is 4.61. The smallest absolute Gasteiger partial charge is 0.338 e. The van der Waals surface area contributed by atoms with Gasteiger partial charge < -0.3 is 10.2 Å². The van der Waals surface area contributed by atoms with Crippen LogP contribution in [0, 0.1) is 5.92 Å². The number of halogens is 2. The van der Waals surface area contributed by atoms with E-state index in [9.17, 15) is 13.2 Å². The summed E-state index contributed by atoms with van der Waals surface area (Å²) in [6, 6.07) is 1.74.